The maximum absolute atomic E-state index is 12.2. The summed E-state index contributed by atoms with van der Waals surface area (Å²) in [5.41, 5.74) is -0.260. The van der Waals surface area contributed by atoms with Crippen LogP contribution in [-0.2, 0) is 23.9 Å². The average molecular weight is 610 g/mol. The van der Waals surface area contributed by atoms with E-state index in [-0.39, 0.29) is 40.4 Å². The number of hydrogen-bond acceptors (Lipinski definition) is 6. The third-order valence-corrected chi connectivity index (χ3v) is 10.1. The van der Waals surface area contributed by atoms with Crippen molar-refractivity contribution in [2.45, 2.75) is 157 Å². The first-order valence-electron chi connectivity index (χ1n) is 17.0. The fourth-order valence-electron chi connectivity index (χ4n) is 5.78. The van der Waals surface area contributed by atoms with Crippen LogP contribution in [0.3, 0.4) is 0 Å². The Balaban J connectivity index is 0.000000337. The highest BCUT2D eigenvalue weighted by atomic mass is 16.5. The lowest BCUT2D eigenvalue weighted by Crippen LogP contribution is -2.60. The summed E-state index contributed by atoms with van der Waals surface area (Å²) in [6.07, 6.45) is 8.91. The number of morpholine rings is 1. The van der Waals surface area contributed by atoms with Gasteiger partial charge in [-0.25, -0.2) is 0 Å². The van der Waals surface area contributed by atoms with Gasteiger partial charge in [0.2, 0.25) is 11.8 Å². The monoisotopic (exact) mass is 610 g/mol. The summed E-state index contributed by atoms with van der Waals surface area (Å²) in [7, 11) is 2.16. The molecule has 3 rings (SSSR count). The second-order valence-electron chi connectivity index (χ2n) is 14.8. The Kier molecular flexibility index (Phi) is 16.2. The van der Waals surface area contributed by atoms with Gasteiger partial charge in [-0.1, -0.05) is 34.1 Å². The maximum atomic E-state index is 12.2. The number of hydrogen-bond donors (Lipinski definition) is 0. The SMILES string of the molecule is CCC(C)(C)C(=O)OC1CC(C)(C)N(C)C(C)(C)C1.CCC(C)C(=O)N1CCOCC1.CCC(C)N1CCCCCC1=O. The van der Waals surface area contributed by atoms with E-state index in [1.807, 2.05) is 44.4 Å². The van der Waals surface area contributed by atoms with Crippen molar-refractivity contribution < 1.29 is 23.9 Å². The van der Waals surface area contributed by atoms with Crippen LogP contribution in [0.15, 0.2) is 0 Å². The van der Waals surface area contributed by atoms with Crippen LogP contribution in [0.2, 0.25) is 0 Å². The van der Waals surface area contributed by atoms with Crippen LogP contribution in [0.4, 0.5) is 0 Å². The zero-order valence-corrected chi connectivity index (χ0v) is 30.0. The first kappa shape index (κ1) is 39.4. The highest BCUT2D eigenvalue weighted by Gasteiger charge is 2.45. The quantitative estimate of drug-likeness (QED) is 0.299. The van der Waals surface area contributed by atoms with Gasteiger partial charge in [0.15, 0.2) is 0 Å². The molecule has 2 atom stereocenters. The molecule has 0 aromatic heterocycles. The summed E-state index contributed by atoms with van der Waals surface area (Å²) in [6, 6.07) is 0.440. The number of carbonyl (C=O) groups excluding carboxylic acids is 3. The van der Waals surface area contributed by atoms with E-state index in [4.69, 9.17) is 9.47 Å². The molecule has 3 aliphatic rings. The molecular weight excluding hydrogens is 542 g/mol. The van der Waals surface area contributed by atoms with Gasteiger partial charge in [-0.3, -0.25) is 19.3 Å². The highest BCUT2D eigenvalue weighted by Crippen LogP contribution is 2.39. The minimum absolute atomic E-state index is 0.0273. The molecule has 43 heavy (non-hydrogen) atoms. The molecule has 3 fully saturated rings. The van der Waals surface area contributed by atoms with Crippen LogP contribution in [-0.4, -0.2) is 95.6 Å². The summed E-state index contributed by atoms with van der Waals surface area (Å²) in [4.78, 5) is 41.7. The van der Waals surface area contributed by atoms with Crippen LogP contribution in [0.1, 0.15) is 134 Å². The summed E-state index contributed by atoms with van der Waals surface area (Å²) < 4.78 is 11.0. The van der Waals surface area contributed by atoms with Gasteiger partial charge in [-0.2, -0.15) is 0 Å². The van der Waals surface area contributed by atoms with Crippen molar-refractivity contribution in [3.05, 3.63) is 0 Å². The van der Waals surface area contributed by atoms with E-state index in [9.17, 15) is 14.4 Å². The Morgan fingerprint density at radius 3 is 1.98 bits per heavy atom. The molecule has 0 N–H and O–H groups in total. The molecule has 0 aromatic carbocycles. The number of likely N-dealkylation sites (tertiary alicyclic amines) is 2. The van der Waals surface area contributed by atoms with Crippen LogP contribution < -0.4 is 0 Å². The fourth-order valence-corrected chi connectivity index (χ4v) is 5.78. The molecule has 8 heteroatoms. The Hall–Kier alpha value is -1.67. The molecule has 0 aliphatic carbocycles. The van der Waals surface area contributed by atoms with E-state index in [1.165, 1.54) is 12.8 Å². The molecule has 3 heterocycles. The molecule has 2 unspecified atom stereocenters. The van der Waals surface area contributed by atoms with E-state index in [0.717, 1.165) is 64.6 Å². The molecule has 8 nitrogen and oxygen atoms in total. The lowest BCUT2D eigenvalue weighted by Gasteiger charge is -2.53. The standard InChI is InChI=1S/C16H31NO2.C10H19NO.C9H17NO2/c1-9-14(2,3)13(18)19-12-10-15(4,5)17(8)16(6,7)11-12;1-3-9(2)11-8-6-4-5-7-10(11)12;1-3-8(2)9(11)10-4-6-12-7-5-10/h12H,9-11H2,1-8H3;9H,3-8H2,1-2H3;8H,3-7H2,1-2H3. The zero-order chi connectivity index (χ0) is 33.0. The molecule has 3 saturated heterocycles. The van der Waals surface area contributed by atoms with E-state index >= 15 is 0 Å². The highest BCUT2D eigenvalue weighted by molar-refractivity contribution is 5.78. The predicted molar refractivity (Wildman–Crippen MR) is 176 cm³/mol. The normalized spacial score (nSPS) is 22.7. The van der Waals surface area contributed by atoms with Crippen molar-refractivity contribution in [1.82, 2.24) is 14.7 Å². The first-order chi connectivity index (χ1) is 19.9. The van der Waals surface area contributed by atoms with Crippen molar-refractivity contribution >= 4 is 17.8 Å². The lowest BCUT2D eigenvalue weighted by atomic mass is 9.78. The van der Waals surface area contributed by atoms with Crippen molar-refractivity contribution in [1.29, 1.82) is 0 Å². The van der Waals surface area contributed by atoms with Crippen molar-refractivity contribution in [2.24, 2.45) is 11.3 Å². The lowest BCUT2D eigenvalue weighted by molar-refractivity contribution is -0.169. The van der Waals surface area contributed by atoms with Gasteiger partial charge >= 0.3 is 5.97 Å². The zero-order valence-electron chi connectivity index (χ0n) is 30.0. The molecule has 0 spiro atoms. The van der Waals surface area contributed by atoms with Gasteiger partial charge in [-0.15, -0.1) is 0 Å². The number of esters is 1. The third-order valence-electron chi connectivity index (χ3n) is 10.1. The molecule has 0 aromatic rings. The Morgan fingerprint density at radius 1 is 0.930 bits per heavy atom. The van der Waals surface area contributed by atoms with E-state index in [2.05, 4.69) is 53.5 Å². The largest absolute Gasteiger partial charge is 0.462 e. The fraction of sp³-hybridized carbons (Fsp3) is 0.914. The van der Waals surface area contributed by atoms with Crippen molar-refractivity contribution in [3.8, 4) is 0 Å². The summed E-state index contributed by atoms with van der Waals surface area (Å²) in [5, 5.41) is 0. The van der Waals surface area contributed by atoms with Crippen LogP contribution in [0.25, 0.3) is 0 Å². The smallest absolute Gasteiger partial charge is 0.311 e. The van der Waals surface area contributed by atoms with Gasteiger partial charge in [0, 0.05) is 61.9 Å². The summed E-state index contributed by atoms with van der Waals surface area (Å²) >= 11 is 0. The molecular formula is C35H67N3O5. The van der Waals surface area contributed by atoms with E-state index in [1.54, 1.807) is 0 Å². The minimum atomic E-state index is -0.377. The van der Waals surface area contributed by atoms with Crippen LogP contribution in [0.5, 0.6) is 0 Å². The number of amides is 2. The Bertz CT molecular complexity index is 848. The van der Waals surface area contributed by atoms with Gasteiger partial charge in [-0.05, 0) is 87.6 Å². The van der Waals surface area contributed by atoms with E-state index in [0.29, 0.717) is 25.2 Å². The van der Waals surface area contributed by atoms with Crippen LogP contribution in [0, 0.1) is 11.3 Å². The Morgan fingerprint density at radius 2 is 1.49 bits per heavy atom. The predicted octanol–water partition coefficient (Wildman–Crippen LogP) is 6.70. The number of nitrogens with zero attached hydrogens (tertiary/aromatic N) is 3. The van der Waals surface area contributed by atoms with Gasteiger partial charge in [0.05, 0.1) is 18.6 Å². The van der Waals surface area contributed by atoms with Gasteiger partial charge < -0.3 is 19.3 Å². The van der Waals surface area contributed by atoms with Gasteiger partial charge in [0.1, 0.15) is 6.10 Å². The molecule has 2 amide bonds. The summed E-state index contributed by atoms with van der Waals surface area (Å²) in [5.74, 6) is 0.752. The Labute approximate surface area is 264 Å². The van der Waals surface area contributed by atoms with Crippen LogP contribution >= 0.6 is 0 Å². The number of piperidine rings is 1. The number of rotatable bonds is 7. The maximum Gasteiger partial charge on any atom is 0.311 e. The first-order valence-corrected chi connectivity index (χ1v) is 17.0. The number of carbonyl (C=O) groups is 3. The van der Waals surface area contributed by atoms with Crippen molar-refractivity contribution in [2.75, 3.05) is 39.9 Å². The second-order valence-corrected chi connectivity index (χ2v) is 14.8. The second kappa shape index (κ2) is 17.7. The molecule has 3 aliphatic heterocycles. The third kappa shape index (κ3) is 12.3. The summed E-state index contributed by atoms with van der Waals surface area (Å²) in [6.45, 7) is 27.1. The molecule has 0 radical (unpaired) electrons. The molecule has 0 bridgehead atoms. The van der Waals surface area contributed by atoms with Crippen molar-refractivity contribution in [3.63, 3.8) is 0 Å². The number of ether oxygens (including phenoxy) is 2. The molecule has 252 valence electrons. The average Bonchev–Trinajstić information content (AvgIpc) is 3.19. The molecule has 0 saturated carbocycles. The van der Waals surface area contributed by atoms with E-state index < -0.39 is 0 Å². The minimum Gasteiger partial charge on any atom is -0.462 e. The van der Waals surface area contributed by atoms with Gasteiger partial charge in [0.25, 0.3) is 0 Å². The topological polar surface area (TPSA) is 79.4 Å².